The number of nitrogens with one attached hydrogen (secondary N) is 1. The van der Waals surface area contributed by atoms with E-state index in [0.717, 1.165) is 65.3 Å². The molecule has 1 aliphatic rings. The van der Waals surface area contributed by atoms with Crippen LogP contribution in [0.2, 0.25) is 0 Å². The van der Waals surface area contributed by atoms with Crippen LogP contribution in [0.5, 0.6) is 0 Å². The van der Waals surface area contributed by atoms with Crippen LogP contribution in [0.15, 0.2) is 77.6 Å². The summed E-state index contributed by atoms with van der Waals surface area (Å²) in [6.07, 6.45) is 0.795. The minimum absolute atomic E-state index is 0.104. The van der Waals surface area contributed by atoms with Gasteiger partial charge in [-0.15, -0.1) is 5.10 Å². The quantitative estimate of drug-likeness (QED) is 0.289. The molecule has 7 rings (SSSR count). The first-order valence-corrected chi connectivity index (χ1v) is 15.1. The maximum absolute atomic E-state index is 13.8. The molecule has 42 heavy (non-hydrogen) atoms. The summed E-state index contributed by atoms with van der Waals surface area (Å²) in [4.78, 5) is 26.5. The van der Waals surface area contributed by atoms with Gasteiger partial charge in [0.1, 0.15) is 6.04 Å². The molecule has 1 N–H and O–H groups in total. The molecule has 0 spiro atoms. The van der Waals surface area contributed by atoms with Crippen molar-refractivity contribution in [1.29, 1.82) is 0 Å². The fourth-order valence-corrected chi connectivity index (χ4v) is 6.92. The van der Waals surface area contributed by atoms with E-state index in [-0.39, 0.29) is 11.6 Å². The molecule has 0 saturated carbocycles. The molecular formula is C32H32N8OS. The number of thiazole rings is 1. The van der Waals surface area contributed by atoms with Gasteiger partial charge in [-0.2, -0.15) is 0 Å². The smallest absolute Gasteiger partial charge is 0.253 e. The van der Waals surface area contributed by atoms with Crippen LogP contribution in [0.25, 0.3) is 21.1 Å². The van der Waals surface area contributed by atoms with Gasteiger partial charge in [0, 0.05) is 43.7 Å². The maximum Gasteiger partial charge on any atom is 0.253 e. The zero-order chi connectivity index (χ0) is 28.6. The fraction of sp³-hybridized carbons (Fsp3) is 0.281. The maximum atomic E-state index is 13.8. The summed E-state index contributed by atoms with van der Waals surface area (Å²) < 4.78 is 3.06. The number of hydrogen-bond acceptors (Lipinski definition) is 8. The van der Waals surface area contributed by atoms with E-state index >= 15 is 0 Å². The lowest BCUT2D eigenvalue weighted by Crippen LogP contribution is -2.49. The standard InChI is InChI=1S/C32H32N8OS/c1-21-12-13-22(2)28-24(21)20-25(31(41)34-28)29(30-35-36-37-40(30)15-14-23-8-4-3-5-9-23)38-16-18-39(19-17-38)32-33-26-10-6-7-11-27(26)42-32/h3-13,20,29H,14-19H2,1-2H3,(H,34,41). The molecule has 0 amide bonds. The molecule has 1 unspecified atom stereocenters. The average molecular weight is 577 g/mol. The molecule has 3 aromatic carbocycles. The van der Waals surface area contributed by atoms with E-state index in [1.165, 1.54) is 10.3 Å². The number of benzene rings is 3. The predicted molar refractivity (Wildman–Crippen MR) is 167 cm³/mol. The molecule has 1 fully saturated rings. The van der Waals surface area contributed by atoms with Crippen molar-refractivity contribution in [2.45, 2.75) is 32.9 Å². The normalized spacial score (nSPS) is 15.0. The van der Waals surface area contributed by atoms with Crippen molar-refractivity contribution in [3.8, 4) is 0 Å². The number of aryl methyl sites for hydroxylation is 4. The van der Waals surface area contributed by atoms with Gasteiger partial charge in [-0.3, -0.25) is 9.69 Å². The fourth-order valence-electron chi connectivity index (χ4n) is 5.91. The molecule has 6 aromatic rings. The average Bonchev–Trinajstić information content (AvgIpc) is 3.67. The van der Waals surface area contributed by atoms with Crippen molar-refractivity contribution in [3.05, 3.63) is 111 Å². The van der Waals surface area contributed by atoms with E-state index in [9.17, 15) is 4.79 Å². The van der Waals surface area contributed by atoms with Gasteiger partial charge >= 0.3 is 0 Å². The highest BCUT2D eigenvalue weighted by molar-refractivity contribution is 7.22. The second-order valence-corrected chi connectivity index (χ2v) is 11.9. The summed E-state index contributed by atoms with van der Waals surface area (Å²) in [5.41, 5.74) is 5.86. The third-order valence-electron chi connectivity index (χ3n) is 8.26. The molecule has 0 radical (unpaired) electrons. The summed E-state index contributed by atoms with van der Waals surface area (Å²) >= 11 is 1.73. The number of pyridine rings is 1. The van der Waals surface area contributed by atoms with Gasteiger partial charge in [0.25, 0.3) is 5.56 Å². The van der Waals surface area contributed by atoms with Crippen molar-refractivity contribution in [3.63, 3.8) is 0 Å². The molecule has 4 heterocycles. The Kier molecular flexibility index (Phi) is 7.01. The molecule has 10 heteroatoms. The topological polar surface area (TPSA) is 95.8 Å². The number of piperazine rings is 1. The summed E-state index contributed by atoms with van der Waals surface area (Å²) in [5.74, 6) is 0.689. The van der Waals surface area contributed by atoms with E-state index in [1.807, 2.05) is 35.9 Å². The SMILES string of the molecule is Cc1ccc(C)c2[nH]c(=O)c(C(c3nnnn3CCc3ccccc3)N3CCN(c4nc5ccccc5s4)CC3)cc12. The Morgan fingerprint density at radius 2 is 1.69 bits per heavy atom. The van der Waals surface area contributed by atoms with Crippen molar-refractivity contribution in [2.75, 3.05) is 31.1 Å². The van der Waals surface area contributed by atoms with Crippen LogP contribution >= 0.6 is 11.3 Å². The second kappa shape index (κ2) is 11.1. The largest absolute Gasteiger partial charge is 0.345 e. The Bertz CT molecular complexity index is 1890. The van der Waals surface area contributed by atoms with E-state index in [4.69, 9.17) is 4.98 Å². The summed E-state index contributed by atoms with van der Waals surface area (Å²) in [6.45, 7) is 7.82. The van der Waals surface area contributed by atoms with Crippen LogP contribution in [0.1, 0.15) is 34.1 Å². The first-order chi connectivity index (χ1) is 20.5. The Hall–Kier alpha value is -4.41. The number of hydrogen-bond donors (Lipinski definition) is 1. The van der Waals surface area contributed by atoms with Crippen molar-refractivity contribution >= 4 is 37.6 Å². The highest BCUT2D eigenvalue weighted by Gasteiger charge is 2.33. The molecule has 3 aromatic heterocycles. The number of para-hydroxylation sites is 1. The number of aromatic amines is 1. The highest BCUT2D eigenvalue weighted by Crippen LogP contribution is 2.33. The monoisotopic (exact) mass is 576 g/mol. The molecule has 0 aliphatic carbocycles. The van der Waals surface area contributed by atoms with Crippen LogP contribution in [0.4, 0.5) is 5.13 Å². The number of anilines is 1. The lowest BCUT2D eigenvalue weighted by atomic mass is 9.99. The number of tetrazole rings is 1. The van der Waals surface area contributed by atoms with Gasteiger partial charge in [-0.1, -0.05) is 65.9 Å². The molecule has 212 valence electrons. The van der Waals surface area contributed by atoms with E-state index < -0.39 is 0 Å². The van der Waals surface area contributed by atoms with Gasteiger partial charge in [-0.05, 0) is 65.6 Å². The minimum atomic E-state index is -0.388. The van der Waals surface area contributed by atoms with Crippen molar-refractivity contribution in [2.24, 2.45) is 0 Å². The van der Waals surface area contributed by atoms with Crippen LogP contribution in [0.3, 0.4) is 0 Å². The van der Waals surface area contributed by atoms with Crippen LogP contribution < -0.4 is 10.5 Å². The first-order valence-electron chi connectivity index (χ1n) is 14.3. The third-order valence-corrected chi connectivity index (χ3v) is 9.36. The molecule has 1 aliphatic heterocycles. The number of rotatable bonds is 7. The van der Waals surface area contributed by atoms with Crippen LogP contribution in [-0.4, -0.2) is 61.3 Å². The highest BCUT2D eigenvalue weighted by atomic mass is 32.1. The molecule has 0 bridgehead atoms. The number of nitrogens with zero attached hydrogens (tertiary/aromatic N) is 7. The molecular weight excluding hydrogens is 544 g/mol. The summed E-state index contributed by atoms with van der Waals surface area (Å²) in [5, 5.41) is 15.1. The summed E-state index contributed by atoms with van der Waals surface area (Å²) in [6, 6.07) is 24.4. The number of fused-ring (bicyclic) bond motifs is 2. The molecule has 1 saturated heterocycles. The van der Waals surface area contributed by atoms with E-state index in [2.05, 4.69) is 85.8 Å². The Morgan fingerprint density at radius 3 is 2.50 bits per heavy atom. The Labute approximate surface area is 247 Å². The van der Waals surface area contributed by atoms with Gasteiger partial charge in [-0.25, -0.2) is 9.67 Å². The summed E-state index contributed by atoms with van der Waals surface area (Å²) in [7, 11) is 0. The van der Waals surface area contributed by atoms with Crippen molar-refractivity contribution in [1.82, 2.24) is 35.1 Å². The van der Waals surface area contributed by atoms with Crippen molar-refractivity contribution < 1.29 is 0 Å². The predicted octanol–water partition coefficient (Wildman–Crippen LogP) is 4.90. The van der Waals surface area contributed by atoms with Gasteiger partial charge < -0.3 is 9.88 Å². The second-order valence-electron chi connectivity index (χ2n) is 10.9. The van der Waals surface area contributed by atoms with Gasteiger partial charge in [0.05, 0.1) is 15.7 Å². The number of H-pyrrole nitrogens is 1. The van der Waals surface area contributed by atoms with Gasteiger partial charge in [0.2, 0.25) is 0 Å². The molecule has 9 nitrogen and oxygen atoms in total. The zero-order valence-electron chi connectivity index (χ0n) is 23.7. The Balaban J connectivity index is 1.24. The van der Waals surface area contributed by atoms with Crippen LogP contribution in [-0.2, 0) is 13.0 Å². The minimum Gasteiger partial charge on any atom is -0.345 e. The lowest BCUT2D eigenvalue weighted by molar-refractivity contribution is 0.199. The van der Waals surface area contributed by atoms with Gasteiger partial charge in [0.15, 0.2) is 11.0 Å². The Morgan fingerprint density at radius 1 is 0.929 bits per heavy atom. The number of aromatic nitrogens is 6. The first kappa shape index (κ1) is 26.5. The lowest BCUT2D eigenvalue weighted by Gasteiger charge is -2.38. The zero-order valence-corrected chi connectivity index (χ0v) is 24.5. The third kappa shape index (κ3) is 4.97. The van der Waals surface area contributed by atoms with E-state index in [1.54, 1.807) is 11.3 Å². The van der Waals surface area contributed by atoms with E-state index in [0.29, 0.717) is 17.9 Å². The molecule has 1 atom stereocenters. The van der Waals surface area contributed by atoms with Crippen LogP contribution in [0, 0.1) is 13.8 Å².